The van der Waals surface area contributed by atoms with Crippen LogP contribution in [-0.4, -0.2) is 65.7 Å². The summed E-state index contributed by atoms with van der Waals surface area (Å²) in [7, 11) is -4.63. The standard InChI is InChI=1S/C48H95O10P/c1-3-5-7-9-11-13-15-17-19-20-21-22-23-24-26-28-30-32-34-36-38-40-48(52)58-46(42-50)44-56-59(53,54)55-43-45(41-49)57-47(51)39-37-35-33-31-29-27-25-18-16-14-12-10-8-6-4-2/h45-46,49-50H,3-44H2,1-2H3,(H,53,54). The molecular formula is C48H95O10P. The molecule has 3 unspecified atom stereocenters. The molecule has 0 amide bonds. The fraction of sp³-hybridized carbons (Fsp3) is 0.958. The molecule has 11 heteroatoms. The first-order chi connectivity index (χ1) is 28.8. The third-order valence-electron chi connectivity index (χ3n) is 11.3. The maximum absolute atomic E-state index is 12.4. The number of carbonyl (C=O) groups excluding carboxylic acids is 2. The van der Waals surface area contributed by atoms with Gasteiger partial charge in [0.15, 0.2) is 0 Å². The van der Waals surface area contributed by atoms with Crippen molar-refractivity contribution in [1.29, 1.82) is 0 Å². The molecule has 0 radical (unpaired) electrons. The van der Waals surface area contributed by atoms with E-state index in [9.17, 15) is 29.3 Å². The third-order valence-corrected chi connectivity index (χ3v) is 12.3. The lowest BCUT2D eigenvalue weighted by Crippen LogP contribution is -2.28. The quantitative estimate of drug-likeness (QED) is 0.0306. The lowest BCUT2D eigenvalue weighted by atomic mass is 10.0. The highest BCUT2D eigenvalue weighted by Crippen LogP contribution is 2.43. The van der Waals surface area contributed by atoms with Crippen molar-refractivity contribution in [2.75, 3.05) is 26.4 Å². The second kappa shape index (κ2) is 45.0. The SMILES string of the molecule is CCCCCCCCCCCCCCCCCCCCCCCC(=O)OC(CO)COP(=O)(O)OCC(CO)OC(=O)CCCCCCCCCCCCCCCCC. The number of esters is 2. The zero-order chi connectivity index (χ0) is 43.3. The lowest BCUT2D eigenvalue weighted by molar-refractivity contribution is -0.153. The summed E-state index contributed by atoms with van der Waals surface area (Å²) in [4.78, 5) is 34.6. The molecule has 3 atom stereocenters. The monoisotopic (exact) mass is 863 g/mol. The molecule has 10 nitrogen and oxygen atoms in total. The molecular weight excluding hydrogens is 767 g/mol. The number of phosphoric ester groups is 1. The van der Waals surface area contributed by atoms with Gasteiger partial charge in [-0.05, 0) is 12.8 Å². The number of rotatable bonds is 48. The van der Waals surface area contributed by atoms with Gasteiger partial charge in [0.05, 0.1) is 26.4 Å². The highest BCUT2D eigenvalue weighted by atomic mass is 31.2. The zero-order valence-corrected chi connectivity index (χ0v) is 39.4. The lowest BCUT2D eigenvalue weighted by Gasteiger charge is -2.20. The third kappa shape index (κ3) is 43.4. The van der Waals surface area contributed by atoms with Gasteiger partial charge < -0.3 is 24.6 Å². The Hall–Kier alpha value is -1.03. The molecule has 0 fully saturated rings. The molecule has 0 saturated carbocycles. The highest BCUT2D eigenvalue weighted by molar-refractivity contribution is 7.47. The number of unbranched alkanes of at least 4 members (excludes halogenated alkanes) is 34. The molecule has 0 aliphatic rings. The fourth-order valence-electron chi connectivity index (χ4n) is 7.47. The Morgan fingerprint density at radius 1 is 0.390 bits per heavy atom. The van der Waals surface area contributed by atoms with Crippen LogP contribution in [0, 0.1) is 0 Å². The van der Waals surface area contributed by atoms with Gasteiger partial charge >= 0.3 is 19.8 Å². The summed E-state index contributed by atoms with van der Waals surface area (Å²) in [6.45, 7) is 2.27. The van der Waals surface area contributed by atoms with E-state index in [4.69, 9.17) is 18.5 Å². The van der Waals surface area contributed by atoms with Crippen molar-refractivity contribution in [3.63, 3.8) is 0 Å². The van der Waals surface area contributed by atoms with Gasteiger partial charge in [-0.1, -0.05) is 232 Å². The van der Waals surface area contributed by atoms with E-state index in [-0.39, 0.29) is 12.8 Å². The summed E-state index contributed by atoms with van der Waals surface area (Å²) < 4.78 is 32.7. The number of hydrogen-bond donors (Lipinski definition) is 3. The summed E-state index contributed by atoms with van der Waals surface area (Å²) >= 11 is 0. The molecule has 0 aliphatic heterocycles. The van der Waals surface area contributed by atoms with Crippen molar-refractivity contribution in [3.8, 4) is 0 Å². The number of carbonyl (C=O) groups is 2. The topological polar surface area (TPSA) is 149 Å². The molecule has 0 rings (SSSR count). The van der Waals surface area contributed by atoms with Crippen LogP contribution in [0.5, 0.6) is 0 Å². The van der Waals surface area contributed by atoms with E-state index in [0.29, 0.717) is 12.8 Å². The molecule has 59 heavy (non-hydrogen) atoms. The van der Waals surface area contributed by atoms with Crippen LogP contribution in [0.15, 0.2) is 0 Å². The zero-order valence-electron chi connectivity index (χ0n) is 38.5. The predicted molar refractivity (Wildman–Crippen MR) is 242 cm³/mol. The molecule has 0 aromatic carbocycles. The summed E-state index contributed by atoms with van der Waals surface area (Å²) in [5.41, 5.74) is 0. The Balaban J connectivity index is 3.79. The van der Waals surface area contributed by atoms with Crippen LogP contribution in [0.4, 0.5) is 0 Å². The van der Waals surface area contributed by atoms with Crippen molar-refractivity contribution in [2.24, 2.45) is 0 Å². The van der Waals surface area contributed by atoms with Crippen LogP contribution in [0.1, 0.15) is 258 Å². The van der Waals surface area contributed by atoms with E-state index in [0.717, 1.165) is 38.5 Å². The van der Waals surface area contributed by atoms with E-state index >= 15 is 0 Å². The smallest absolute Gasteiger partial charge is 0.457 e. The minimum absolute atomic E-state index is 0.200. The first kappa shape index (κ1) is 58.0. The van der Waals surface area contributed by atoms with Crippen LogP contribution in [-0.2, 0) is 32.7 Å². The van der Waals surface area contributed by atoms with Crippen LogP contribution in [0.2, 0.25) is 0 Å². The number of ether oxygens (including phenoxy) is 2. The maximum Gasteiger partial charge on any atom is 0.472 e. The number of aliphatic hydroxyl groups excluding tert-OH is 2. The second-order valence-electron chi connectivity index (χ2n) is 17.2. The maximum atomic E-state index is 12.4. The van der Waals surface area contributed by atoms with E-state index in [1.54, 1.807) is 0 Å². The number of hydrogen-bond acceptors (Lipinski definition) is 9. The first-order valence-corrected chi connectivity index (χ1v) is 26.5. The number of phosphoric acid groups is 1. The summed E-state index contributed by atoms with van der Waals surface area (Å²) in [6.07, 6.45) is 43.6. The van der Waals surface area contributed by atoms with E-state index in [1.165, 1.54) is 180 Å². The van der Waals surface area contributed by atoms with E-state index in [2.05, 4.69) is 13.8 Å². The van der Waals surface area contributed by atoms with E-state index < -0.39 is 58.4 Å². The Labute approximate surface area is 363 Å². The second-order valence-corrected chi connectivity index (χ2v) is 18.6. The van der Waals surface area contributed by atoms with Crippen molar-refractivity contribution in [3.05, 3.63) is 0 Å². The van der Waals surface area contributed by atoms with Crippen LogP contribution >= 0.6 is 7.82 Å². The minimum Gasteiger partial charge on any atom is -0.457 e. The molecule has 0 aliphatic carbocycles. The average Bonchev–Trinajstić information content (AvgIpc) is 3.22. The minimum atomic E-state index is -4.63. The molecule has 3 N–H and O–H groups in total. The van der Waals surface area contributed by atoms with Crippen LogP contribution in [0.3, 0.4) is 0 Å². The van der Waals surface area contributed by atoms with Gasteiger partial charge in [0, 0.05) is 12.8 Å². The van der Waals surface area contributed by atoms with Gasteiger partial charge in [-0.15, -0.1) is 0 Å². The Morgan fingerprint density at radius 3 is 0.797 bits per heavy atom. The Bertz CT molecular complexity index is 951. The summed E-state index contributed by atoms with van der Waals surface area (Å²) in [6, 6.07) is 0. The molecule has 0 aromatic rings. The van der Waals surface area contributed by atoms with Gasteiger partial charge in [-0.3, -0.25) is 18.6 Å². The fourth-order valence-corrected chi connectivity index (χ4v) is 8.26. The molecule has 0 heterocycles. The van der Waals surface area contributed by atoms with Gasteiger partial charge in [0.25, 0.3) is 0 Å². The van der Waals surface area contributed by atoms with Crippen LogP contribution < -0.4 is 0 Å². The van der Waals surface area contributed by atoms with Gasteiger partial charge in [0.1, 0.15) is 12.2 Å². The highest BCUT2D eigenvalue weighted by Gasteiger charge is 2.27. The number of aliphatic hydroxyl groups is 2. The largest absolute Gasteiger partial charge is 0.472 e. The van der Waals surface area contributed by atoms with Gasteiger partial charge in [-0.25, -0.2) is 4.57 Å². The normalized spacial score (nSPS) is 13.6. The van der Waals surface area contributed by atoms with Crippen molar-refractivity contribution >= 4 is 19.8 Å². The predicted octanol–water partition coefficient (Wildman–Crippen LogP) is 13.8. The van der Waals surface area contributed by atoms with Gasteiger partial charge in [-0.2, -0.15) is 0 Å². The first-order valence-electron chi connectivity index (χ1n) is 25.0. The van der Waals surface area contributed by atoms with Crippen LogP contribution in [0.25, 0.3) is 0 Å². The van der Waals surface area contributed by atoms with Crippen molar-refractivity contribution < 1.29 is 47.8 Å². The molecule has 0 saturated heterocycles. The molecule has 0 aromatic heterocycles. The molecule has 0 spiro atoms. The average molecular weight is 863 g/mol. The van der Waals surface area contributed by atoms with Crippen molar-refractivity contribution in [2.45, 2.75) is 270 Å². The summed E-state index contributed by atoms with van der Waals surface area (Å²) in [5, 5.41) is 19.2. The van der Waals surface area contributed by atoms with E-state index in [1.807, 2.05) is 0 Å². The van der Waals surface area contributed by atoms with Crippen molar-refractivity contribution in [1.82, 2.24) is 0 Å². The van der Waals surface area contributed by atoms with Gasteiger partial charge in [0.2, 0.25) is 0 Å². The summed E-state index contributed by atoms with van der Waals surface area (Å²) in [5.74, 6) is -1.00. The molecule has 352 valence electrons. The molecule has 0 bridgehead atoms. The Kier molecular flexibility index (Phi) is 44.2. The Morgan fingerprint density at radius 2 is 0.593 bits per heavy atom.